The van der Waals surface area contributed by atoms with Crippen LogP contribution in [0.3, 0.4) is 0 Å². The molecule has 0 saturated heterocycles. The van der Waals surface area contributed by atoms with Gasteiger partial charge in [0.05, 0.1) is 121 Å². The van der Waals surface area contributed by atoms with Crippen LogP contribution in [0, 0.1) is 0 Å². The molecule has 1 aromatic heterocycles. The summed E-state index contributed by atoms with van der Waals surface area (Å²) in [5.41, 5.74) is 12.1. The van der Waals surface area contributed by atoms with E-state index in [1.807, 2.05) is 180 Å². The Hall–Kier alpha value is -8.49. The lowest BCUT2D eigenvalue weighted by molar-refractivity contribution is 0.0544. The first-order valence-electron chi connectivity index (χ1n) is 46.1. The summed E-state index contributed by atoms with van der Waals surface area (Å²) >= 11 is 13.0. The third kappa shape index (κ3) is 31.5. The number of hydrogen-bond donors (Lipinski definition) is 0. The Balaban J connectivity index is 0.538. The van der Waals surface area contributed by atoms with E-state index in [1.165, 1.54) is 65.7 Å². The molecule has 13 rings (SSSR count). The van der Waals surface area contributed by atoms with E-state index in [2.05, 4.69) is 181 Å². The minimum absolute atomic E-state index is 0.0302. The quantitative estimate of drug-likeness (QED) is 0.0260. The first-order valence-corrected chi connectivity index (χ1v) is 52.7. The minimum Gasteiger partial charge on any atom is -0.491 e. The van der Waals surface area contributed by atoms with Crippen molar-refractivity contribution in [2.24, 2.45) is 0 Å². The number of methoxy groups -OCH3 is 3. The van der Waals surface area contributed by atoms with Crippen LogP contribution in [0.25, 0.3) is 10.8 Å². The van der Waals surface area contributed by atoms with Crippen molar-refractivity contribution in [1.29, 1.82) is 0 Å². The van der Waals surface area contributed by atoms with E-state index >= 15 is 0 Å². The fourth-order valence-electron chi connectivity index (χ4n) is 15.0. The Bertz CT molecular complexity index is 5290. The van der Waals surface area contributed by atoms with E-state index in [1.54, 1.807) is 33.1 Å². The SMILES string of the molecule is CCc1ccc(C(c2ccc(OCCOCCSC3=C(SC)SC(=C4Sc5cn(CCOCCOc6cccc7c(OCCOCCSCc8cc(OCc9ccc(OCCOCCOC)cc9)c(OCc9ccc(OCCOCCOC)cc9)c(OCc9ccc(OCCOCCOC)cc9)c8)cccc67)cc5S4)S3)cc2)(c2ccc(C(C)(C)C)cc2)c2ccc(C(C)(C)C)cc2)cc1. The first-order chi connectivity index (χ1) is 66.0. The van der Waals surface area contributed by atoms with Crippen molar-refractivity contribution in [3.8, 4) is 51.7 Å². The molecule has 0 aliphatic carbocycles. The molecule has 0 unspecified atom stereocenters. The summed E-state index contributed by atoms with van der Waals surface area (Å²) < 4.78 is 115. The molecular weight excluding hydrogens is 1840 g/mol. The van der Waals surface area contributed by atoms with E-state index in [0.29, 0.717) is 162 Å². The van der Waals surface area contributed by atoms with E-state index in [9.17, 15) is 0 Å². The van der Waals surface area contributed by atoms with Crippen LogP contribution in [0.4, 0.5) is 0 Å². The van der Waals surface area contributed by atoms with Crippen molar-refractivity contribution in [2.45, 2.75) is 113 Å². The summed E-state index contributed by atoms with van der Waals surface area (Å²) in [5, 5.41) is 1.93. The molecule has 2 aliphatic rings. The van der Waals surface area contributed by atoms with Crippen molar-refractivity contribution in [1.82, 2.24) is 4.57 Å². The number of rotatable bonds is 60. The highest BCUT2D eigenvalue weighted by Gasteiger charge is 2.40. The maximum absolute atomic E-state index is 6.74. The van der Waals surface area contributed by atoms with Gasteiger partial charge in [0.1, 0.15) is 94.0 Å². The predicted octanol–water partition coefficient (Wildman–Crippen LogP) is 24.6. The fourth-order valence-corrected chi connectivity index (χ4v) is 23.9. The van der Waals surface area contributed by atoms with Gasteiger partial charge in [0.25, 0.3) is 0 Å². The number of thioether (sulfide) groups is 7. The second-order valence-electron chi connectivity index (χ2n) is 33.9. The van der Waals surface area contributed by atoms with Gasteiger partial charge in [-0.3, -0.25) is 0 Å². The number of ether oxygens (including phenoxy) is 18. The summed E-state index contributed by atoms with van der Waals surface area (Å²) in [7, 11) is 4.96. The normalized spacial score (nSPS) is 12.9. The highest BCUT2D eigenvalue weighted by Crippen LogP contribution is 2.64. The molecule has 0 amide bonds. The average molecular weight is 1970 g/mol. The molecule has 135 heavy (non-hydrogen) atoms. The monoisotopic (exact) mass is 1960 g/mol. The highest BCUT2D eigenvalue weighted by atomic mass is 32.3. The minimum atomic E-state index is -0.573. The third-order valence-electron chi connectivity index (χ3n) is 22.3. The van der Waals surface area contributed by atoms with Gasteiger partial charge in [0.15, 0.2) is 11.5 Å². The maximum atomic E-state index is 6.74. The Labute approximate surface area is 828 Å². The van der Waals surface area contributed by atoms with Gasteiger partial charge in [-0.25, -0.2) is 0 Å². The third-order valence-corrected chi connectivity index (χ3v) is 31.6. The van der Waals surface area contributed by atoms with Crippen molar-refractivity contribution in [3.05, 3.63) is 309 Å². The zero-order valence-corrected chi connectivity index (χ0v) is 85.3. The summed E-state index contributed by atoms with van der Waals surface area (Å²) in [5.74, 6) is 8.35. The second kappa shape index (κ2) is 54.8. The summed E-state index contributed by atoms with van der Waals surface area (Å²) in [6.45, 7) is 27.4. The Kier molecular flexibility index (Phi) is 42.1. The van der Waals surface area contributed by atoms with Crippen molar-refractivity contribution >= 4 is 93.1 Å². The average Bonchev–Trinajstić information content (AvgIpc) is 1.25. The van der Waals surface area contributed by atoms with Gasteiger partial charge in [-0.05, 0) is 158 Å². The van der Waals surface area contributed by atoms with Gasteiger partial charge >= 0.3 is 0 Å². The van der Waals surface area contributed by atoms with Crippen LogP contribution < -0.4 is 42.6 Å². The predicted molar refractivity (Wildman–Crippen MR) is 555 cm³/mol. The number of aromatic nitrogens is 1. The topological polar surface area (TPSA) is 171 Å². The van der Waals surface area contributed by atoms with Crippen LogP contribution in [0.2, 0.25) is 0 Å². The molecule has 720 valence electrons. The molecule has 0 saturated carbocycles. The van der Waals surface area contributed by atoms with E-state index < -0.39 is 5.41 Å². The number of benzene rings is 10. The smallest absolute Gasteiger partial charge is 0.203 e. The molecule has 0 spiro atoms. The van der Waals surface area contributed by atoms with Crippen molar-refractivity contribution in [2.75, 3.05) is 178 Å². The fraction of sp³-hybridized carbons (Fsp3) is 0.394. The lowest BCUT2D eigenvalue weighted by Gasteiger charge is -2.38. The van der Waals surface area contributed by atoms with Crippen LogP contribution in [0.5, 0.6) is 51.7 Å². The van der Waals surface area contributed by atoms with E-state index in [4.69, 9.17) is 85.3 Å². The Morgan fingerprint density at radius 1 is 0.311 bits per heavy atom. The van der Waals surface area contributed by atoms with Gasteiger partial charge in [0.2, 0.25) is 5.75 Å². The van der Waals surface area contributed by atoms with Crippen LogP contribution in [-0.2, 0) is 97.4 Å². The lowest BCUT2D eigenvalue weighted by Crippen LogP contribution is -2.31. The van der Waals surface area contributed by atoms with Gasteiger partial charge in [-0.1, -0.05) is 241 Å². The highest BCUT2D eigenvalue weighted by molar-refractivity contribution is 8.42. The molecule has 11 aromatic rings. The van der Waals surface area contributed by atoms with Crippen LogP contribution in [-0.4, -0.2) is 182 Å². The first kappa shape index (κ1) is 104. The molecule has 0 radical (unpaired) electrons. The second-order valence-corrected chi connectivity index (χ2v) is 42.1. The van der Waals surface area contributed by atoms with Crippen LogP contribution in [0.15, 0.2) is 258 Å². The molecule has 2 aliphatic heterocycles. The summed E-state index contributed by atoms with van der Waals surface area (Å²) in [6.07, 6.45) is 7.66. The van der Waals surface area contributed by atoms with Gasteiger partial charge in [-0.15, -0.1) is 23.5 Å². The Morgan fingerprint density at radius 2 is 0.659 bits per heavy atom. The number of aryl methyl sites for hydroxylation is 1. The summed E-state index contributed by atoms with van der Waals surface area (Å²) in [4.78, 5) is 2.56. The molecule has 0 atom stereocenters. The lowest BCUT2D eigenvalue weighted by atomic mass is 9.64. The molecule has 0 fully saturated rings. The molecule has 10 aromatic carbocycles. The van der Waals surface area contributed by atoms with Gasteiger partial charge in [0, 0.05) is 78.1 Å². The van der Waals surface area contributed by atoms with Crippen LogP contribution >= 0.6 is 82.3 Å². The zero-order valence-electron chi connectivity index (χ0n) is 79.6. The number of nitrogens with zero attached hydrogens (tertiary/aromatic N) is 1. The molecule has 19 nitrogen and oxygen atoms in total. The molecule has 0 N–H and O–H groups in total. The molecule has 26 heteroatoms. The van der Waals surface area contributed by atoms with E-state index in [0.717, 1.165) is 92.0 Å². The standard InChI is InChI=1S/C109H129NO18S7/c1-12-79-19-27-86(28-20-79)109(87-33-29-84(30-34-87)107(2,3)4,88-35-31-85(32-36-88)108(5,6)7)89-37-45-93(46-38-89)123-64-58-119-68-70-131-104-103(129-11)134-106(135-104)105-132-100-73-110(74-101(100)133-105)47-48-114-59-65-124-96-17-13-16-95-94(96)15-14-18-97(95)125-66-60-118-67-69-130-78-83-71-98(126-75-80-21-39-90(40-22-80)120-61-55-115-52-49-111-8)102(128-77-82-25-43-92(44-26-82)122-63-57-117-54-51-113-10)99(72-83)127-76-81-23-41-91(42-24-81)121-62-56-116-53-50-112-9/h13-46,71-74H,12,47-70,75-78H2,1-11H3. The van der Waals surface area contributed by atoms with Crippen LogP contribution in [0.1, 0.15) is 110 Å². The largest absolute Gasteiger partial charge is 0.491 e. The Morgan fingerprint density at radius 3 is 1.07 bits per heavy atom. The van der Waals surface area contributed by atoms with Crippen molar-refractivity contribution in [3.63, 3.8) is 0 Å². The molecule has 0 bridgehead atoms. The summed E-state index contributed by atoms with van der Waals surface area (Å²) in [6, 6.07) is 76.3. The number of hydrogen-bond acceptors (Lipinski definition) is 25. The van der Waals surface area contributed by atoms with Gasteiger partial charge < -0.3 is 89.8 Å². The van der Waals surface area contributed by atoms with E-state index in [-0.39, 0.29) is 30.7 Å². The van der Waals surface area contributed by atoms with Crippen molar-refractivity contribution < 1.29 is 85.3 Å². The zero-order chi connectivity index (χ0) is 94.3. The maximum Gasteiger partial charge on any atom is 0.203 e. The molecule has 3 heterocycles. The number of fused-ring (bicyclic) bond motifs is 2. The molecular formula is C109H129NO18S7. The van der Waals surface area contributed by atoms with Gasteiger partial charge in [-0.2, -0.15) is 11.8 Å².